The van der Waals surface area contributed by atoms with Gasteiger partial charge in [-0.3, -0.25) is 4.79 Å². The summed E-state index contributed by atoms with van der Waals surface area (Å²) in [5.41, 5.74) is -0.348. The van der Waals surface area contributed by atoms with Crippen molar-refractivity contribution in [1.29, 1.82) is 0 Å². The van der Waals surface area contributed by atoms with Gasteiger partial charge in [0.25, 0.3) is 0 Å². The number of ether oxygens (including phenoxy) is 1. The van der Waals surface area contributed by atoms with E-state index in [1.165, 1.54) is 0 Å². The van der Waals surface area contributed by atoms with E-state index in [9.17, 15) is 4.79 Å². The van der Waals surface area contributed by atoms with Gasteiger partial charge in [-0.05, 0) is 25.0 Å². The van der Waals surface area contributed by atoms with Gasteiger partial charge in [0.1, 0.15) is 5.76 Å². The SMILES string of the molecule is O=C(Cc1ccco1)N1C[C@H]2COC[C@@]2(c2nnc(C3CC3)o2)C1. The van der Waals surface area contributed by atoms with Crippen molar-refractivity contribution in [1.82, 2.24) is 15.1 Å². The Morgan fingerprint density at radius 2 is 2.29 bits per heavy atom. The van der Waals surface area contributed by atoms with Crippen LogP contribution in [0.25, 0.3) is 0 Å². The monoisotopic (exact) mass is 329 g/mol. The molecule has 0 radical (unpaired) electrons. The van der Waals surface area contributed by atoms with Crippen LogP contribution < -0.4 is 0 Å². The summed E-state index contributed by atoms with van der Waals surface area (Å²) in [6, 6.07) is 3.63. The zero-order valence-corrected chi connectivity index (χ0v) is 13.3. The summed E-state index contributed by atoms with van der Waals surface area (Å²) in [6.45, 7) is 2.41. The molecule has 0 aromatic carbocycles. The van der Waals surface area contributed by atoms with E-state index in [2.05, 4.69) is 10.2 Å². The molecular weight excluding hydrogens is 310 g/mol. The minimum Gasteiger partial charge on any atom is -0.469 e. The van der Waals surface area contributed by atoms with Crippen LogP contribution in [0, 0.1) is 5.92 Å². The molecule has 1 saturated carbocycles. The number of aromatic nitrogens is 2. The maximum absolute atomic E-state index is 12.6. The topological polar surface area (TPSA) is 81.6 Å². The quantitative estimate of drug-likeness (QED) is 0.846. The zero-order chi connectivity index (χ0) is 16.1. The smallest absolute Gasteiger partial charge is 0.230 e. The van der Waals surface area contributed by atoms with Crippen molar-refractivity contribution < 1.29 is 18.4 Å². The van der Waals surface area contributed by atoms with E-state index in [1.807, 2.05) is 11.0 Å². The van der Waals surface area contributed by atoms with Crippen molar-refractivity contribution in [3.05, 3.63) is 35.9 Å². The minimum absolute atomic E-state index is 0.0701. The third kappa shape index (κ3) is 2.18. The lowest BCUT2D eigenvalue weighted by molar-refractivity contribution is -0.130. The molecule has 126 valence electrons. The fourth-order valence-corrected chi connectivity index (χ4v) is 3.83. The summed E-state index contributed by atoms with van der Waals surface area (Å²) in [6.07, 6.45) is 4.13. The number of hydrogen-bond donors (Lipinski definition) is 0. The number of likely N-dealkylation sites (tertiary alicyclic amines) is 1. The van der Waals surface area contributed by atoms with Crippen LogP contribution >= 0.6 is 0 Å². The van der Waals surface area contributed by atoms with E-state index in [0.717, 1.165) is 18.7 Å². The van der Waals surface area contributed by atoms with Gasteiger partial charge in [0.15, 0.2) is 0 Å². The lowest BCUT2D eigenvalue weighted by Gasteiger charge is -2.22. The molecule has 7 nitrogen and oxygen atoms in total. The van der Waals surface area contributed by atoms with Crippen LogP contribution in [0.2, 0.25) is 0 Å². The van der Waals surface area contributed by atoms with E-state index in [4.69, 9.17) is 13.6 Å². The van der Waals surface area contributed by atoms with Crippen LogP contribution in [0.3, 0.4) is 0 Å². The molecule has 1 amide bonds. The van der Waals surface area contributed by atoms with Gasteiger partial charge in [0.05, 0.1) is 31.3 Å². The van der Waals surface area contributed by atoms with Crippen LogP contribution in [0.1, 0.15) is 36.3 Å². The van der Waals surface area contributed by atoms with Crippen LogP contribution in [-0.2, 0) is 21.4 Å². The normalized spacial score (nSPS) is 29.2. The number of nitrogens with zero attached hydrogens (tertiary/aromatic N) is 3. The first kappa shape index (κ1) is 14.2. The molecule has 0 bridgehead atoms. The molecular formula is C17H19N3O4. The van der Waals surface area contributed by atoms with E-state index < -0.39 is 0 Å². The van der Waals surface area contributed by atoms with Crippen LogP contribution in [0.5, 0.6) is 0 Å². The summed E-state index contributed by atoms with van der Waals surface area (Å²) < 4.78 is 17.0. The predicted molar refractivity (Wildman–Crippen MR) is 81.3 cm³/mol. The molecule has 2 aromatic rings. The van der Waals surface area contributed by atoms with E-state index in [-0.39, 0.29) is 23.7 Å². The Hall–Kier alpha value is -2.15. The van der Waals surface area contributed by atoms with Gasteiger partial charge in [-0.15, -0.1) is 10.2 Å². The largest absolute Gasteiger partial charge is 0.469 e. The van der Waals surface area contributed by atoms with Gasteiger partial charge in [-0.2, -0.15) is 0 Å². The molecule has 2 aromatic heterocycles. The molecule has 0 N–H and O–H groups in total. The Balaban J connectivity index is 1.37. The lowest BCUT2D eigenvalue weighted by Crippen LogP contribution is -2.38. The summed E-state index contributed by atoms with van der Waals surface area (Å²) in [5.74, 6) is 2.79. The van der Waals surface area contributed by atoms with E-state index >= 15 is 0 Å². The fraction of sp³-hybridized carbons (Fsp3) is 0.588. The van der Waals surface area contributed by atoms with E-state index in [0.29, 0.717) is 43.9 Å². The average Bonchev–Trinajstić information content (AvgIpc) is 3.01. The predicted octanol–water partition coefficient (Wildman–Crippen LogP) is 1.51. The summed E-state index contributed by atoms with van der Waals surface area (Å²) in [4.78, 5) is 14.5. The van der Waals surface area contributed by atoms with Gasteiger partial charge >= 0.3 is 0 Å². The number of amides is 1. The molecule has 0 spiro atoms. The summed E-state index contributed by atoms with van der Waals surface area (Å²) in [5, 5.41) is 8.53. The first-order valence-electron chi connectivity index (χ1n) is 8.46. The fourth-order valence-electron chi connectivity index (χ4n) is 3.83. The van der Waals surface area contributed by atoms with Crippen LogP contribution in [0.4, 0.5) is 0 Å². The third-order valence-corrected chi connectivity index (χ3v) is 5.43. The molecule has 2 atom stereocenters. The molecule has 2 aliphatic heterocycles. The number of rotatable bonds is 4. The molecule has 1 aliphatic carbocycles. The van der Waals surface area contributed by atoms with Crippen molar-refractivity contribution in [2.75, 3.05) is 26.3 Å². The second kappa shape index (κ2) is 5.17. The summed E-state index contributed by atoms with van der Waals surface area (Å²) >= 11 is 0. The maximum atomic E-state index is 12.6. The Morgan fingerprint density at radius 3 is 3.08 bits per heavy atom. The van der Waals surface area contributed by atoms with Crippen molar-refractivity contribution in [3.8, 4) is 0 Å². The number of furan rings is 1. The molecule has 2 saturated heterocycles. The molecule has 0 unspecified atom stereocenters. The lowest BCUT2D eigenvalue weighted by atomic mass is 9.81. The highest BCUT2D eigenvalue weighted by Gasteiger charge is 2.56. The zero-order valence-electron chi connectivity index (χ0n) is 13.3. The van der Waals surface area contributed by atoms with Gasteiger partial charge in [0, 0.05) is 24.9 Å². The molecule has 5 rings (SSSR count). The second-order valence-electron chi connectivity index (χ2n) is 7.12. The molecule has 3 aliphatic rings. The molecule has 24 heavy (non-hydrogen) atoms. The average molecular weight is 329 g/mol. The van der Waals surface area contributed by atoms with Gasteiger partial charge in [0.2, 0.25) is 17.7 Å². The Morgan fingerprint density at radius 1 is 1.38 bits per heavy atom. The third-order valence-electron chi connectivity index (χ3n) is 5.43. The van der Waals surface area contributed by atoms with Crippen molar-refractivity contribution >= 4 is 5.91 Å². The molecule has 3 fully saturated rings. The van der Waals surface area contributed by atoms with Gasteiger partial charge in [-0.25, -0.2) is 0 Å². The highest BCUT2D eigenvalue weighted by Crippen LogP contribution is 2.45. The second-order valence-corrected chi connectivity index (χ2v) is 7.12. The number of fused-ring (bicyclic) bond motifs is 1. The maximum Gasteiger partial charge on any atom is 0.230 e. The highest BCUT2D eigenvalue weighted by atomic mass is 16.5. The minimum atomic E-state index is -0.348. The van der Waals surface area contributed by atoms with Crippen LogP contribution in [0.15, 0.2) is 27.2 Å². The Labute approximate surface area is 139 Å². The molecule has 4 heterocycles. The van der Waals surface area contributed by atoms with Crippen LogP contribution in [-0.4, -0.2) is 47.3 Å². The molecule has 7 heteroatoms. The van der Waals surface area contributed by atoms with Gasteiger partial charge < -0.3 is 18.5 Å². The highest BCUT2D eigenvalue weighted by molar-refractivity contribution is 5.78. The summed E-state index contributed by atoms with van der Waals surface area (Å²) in [7, 11) is 0. The number of carbonyl (C=O) groups excluding carboxylic acids is 1. The van der Waals surface area contributed by atoms with Crippen molar-refractivity contribution in [3.63, 3.8) is 0 Å². The number of carbonyl (C=O) groups is 1. The number of hydrogen-bond acceptors (Lipinski definition) is 6. The first-order valence-corrected chi connectivity index (χ1v) is 8.46. The van der Waals surface area contributed by atoms with Crippen molar-refractivity contribution in [2.45, 2.75) is 30.6 Å². The van der Waals surface area contributed by atoms with Crippen molar-refractivity contribution in [2.24, 2.45) is 5.92 Å². The Kier molecular flexibility index (Phi) is 3.06. The first-order chi connectivity index (χ1) is 11.7. The van der Waals surface area contributed by atoms with Gasteiger partial charge in [-0.1, -0.05) is 0 Å². The Bertz CT molecular complexity index is 752. The standard InChI is InChI=1S/C17H19N3O4/c21-14(6-13-2-1-5-23-13)20-7-12-8-22-10-17(12,9-20)16-19-18-15(24-16)11-3-4-11/h1-2,5,11-12H,3-4,6-10H2/t12-,17-/m0/s1. The van der Waals surface area contributed by atoms with E-state index in [1.54, 1.807) is 12.3 Å².